The van der Waals surface area contributed by atoms with Crippen molar-refractivity contribution in [2.45, 2.75) is 32.1 Å². The fraction of sp³-hybridized carbons (Fsp3) is 0.231. The molecule has 2 aromatic heterocycles. The summed E-state index contributed by atoms with van der Waals surface area (Å²) in [6.07, 6.45) is -2.78. The number of alkyl halides is 3. The SMILES string of the molecule is CC(N)c1nc(-c2cccc(C(F)(F)F)c2)c(-c2ccnc(NC(C)c3ccccc3)c2)n1C. The van der Waals surface area contributed by atoms with Crippen molar-refractivity contribution in [2.24, 2.45) is 12.8 Å². The highest BCUT2D eigenvalue weighted by Crippen LogP contribution is 2.37. The van der Waals surface area contributed by atoms with Crippen LogP contribution in [0.4, 0.5) is 19.0 Å². The molecule has 5 nitrogen and oxygen atoms in total. The summed E-state index contributed by atoms with van der Waals surface area (Å²) in [5, 5.41) is 3.39. The quantitative estimate of drug-likeness (QED) is 0.348. The van der Waals surface area contributed by atoms with Crippen molar-refractivity contribution in [3.05, 3.63) is 89.9 Å². The lowest BCUT2D eigenvalue weighted by Crippen LogP contribution is -2.12. The van der Waals surface area contributed by atoms with Gasteiger partial charge in [0, 0.05) is 30.4 Å². The third-order valence-electron chi connectivity index (χ3n) is 5.70. The summed E-state index contributed by atoms with van der Waals surface area (Å²) in [6.45, 7) is 3.83. The van der Waals surface area contributed by atoms with Crippen LogP contribution < -0.4 is 11.1 Å². The maximum absolute atomic E-state index is 13.4. The van der Waals surface area contributed by atoms with Crippen LogP contribution in [0.15, 0.2) is 72.9 Å². The minimum Gasteiger partial charge on any atom is -0.364 e. The first kappa shape index (κ1) is 23.5. The Labute approximate surface area is 196 Å². The number of hydrogen-bond acceptors (Lipinski definition) is 4. The Balaban J connectivity index is 1.79. The Morgan fingerprint density at radius 2 is 1.68 bits per heavy atom. The molecule has 0 aliphatic rings. The lowest BCUT2D eigenvalue weighted by molar-refractivity contribution is -0.137. The molecule has 4 aromatic rings. The Morgan fingerprint density at radius 1 is 0.941 bits per heavy atom. The number of nitrogens with one attached hydrogen (secondary N) is 1. The molecule has 0 radical (unpaired) electrons. The summed E-state index contributed by atoms with van der Waals surface area (Å²) < 4.78 is 41.9. The van der Waals surface area contributed by atoms with Crippen molar-refractivity contribution in [1.82, 2.24) is 14.5 Å². The molecule has 0 aliphatic heterocycles. The van der Waals surface area contributed by atoms with Gasteiger partial charge in [0.1, 0.15) is 11.6 Å². The van der Waals surface area contributed by atoms with Crippen molar-refractivity contribution < 1.29 is 13.2 Å². The van der Waals surface area contributed by atoms with Crippen molar-refractivity contribution in [2.75, 3.05) is 5.32 Å². The van der Waals surface area contributed by atoms with Gasteiger partial charge in [-0.05, 0) is 43.7 Å². The van der Waals surface area contributed by atoms with E-state index in [9.17, 15) is 13.2 Å². The average molecular weight is 466 g/mol. The van der Waals surface area contributed by atoms with Gasteiger partial charge in [-0.25, -0.2) is 9.97 Å². The fourth-order valence-corrected chi connectivity index (χ4v) is 4.00. The van der Waals surface area contributed by atoms with Crippen molar-refractivity contribution in [1.29, 1.82) is 0 Å². The Bertz CT molecular complexity index is 1280. The number of nitrogens with two attached hydrogens (primary N) is 1. The van der Waals surface area contributed by atoms with E-state index in [4.69, 9.17) is 5.73 Å². The molecule has 4 rings (SSSR count). The Kier molecular flexibility index (Phi) is 6.43. The second-order valence-corrected chi connectivity index (χ2v) is 8.30. The van der Waals surface area contributed by atoms with Gasteiger partial charge in [-0.15, -0.1) is 0 Å². The van der Waals surface area contributed by atoms with Gasteiger partial charge in [0.2, 0.25) is 0 Å². The lowest BCUT2D eigenvalue weighted by atomic mass is 10.0. The molecule has 176 valence electrons. The van der Waals surface area contributed by atoms with Gasteiger partial charge < -0.3 is 15.6 Å². The molecule has 0 fully saturated rings. The predicted molar refractivity (Wildman–Crippen MR) is 128 cm³/mol. The zero-order chi connectivity index (χ0) is 24.5. The smallest absolute Gasteiger partial charge is 0.364 e. The molecule has 3 N–H and O–H groups in total. The molecule has 0 bridgehead atoms. The fourth-order valence-electron chi connectivity index (χ4n) is 4.00. The van der Waals surface area contributed by atoms with E-state index in [2.05, 4.69) is 15.3 Å². The van der Waals surface area contributed by atoms with Crippen molar-refractivity contribution in [3.63, 3.8) is 0 Å². The van der Waals surface area contributed by atoms with E-state index in [1.807, 2.05) is 61.0 Å². The monoisotopic (exact) mass is 465 g/mol. The van der Waals surface area contributed by atoms with Crippen LogP contribution >= 0.6 is 0 Å². The van der Waals surface area contributed by atoms with E-state index in [0.717, 1.165) is 23.3 Å². The third kappa shape index (κ3) is 4.82. The van der Waals surface area contributed by atoms with E-state index < -0.39 is 17.8 Å². The molecule has 0 saturated carbocycles. The molecule has 2 aromatic carbocycles. The molecule has 8 heteroatoms. The molecule has 0 amide bonds. The average Bonchev–Trinajstić information content (AvgIpc) is 3.17. The zero-order valence-corrected chi connectivity index (χ0v) is 19.1. The summed E-state index contributed by atoms with van der Waals surface area (Å²) in [5.41, 5.74) is 8.76. The van der Waals surface area contributed by atoms with Crippen LogP contribution in [0.25, 0.3) is 22.5 Å². The highest BCUT2D eigenvalue weighted by molar-refractivity contribution is 5.80. The summed E-state index contributed by atoms with van der Waals surface area (Å²) >= 11 is 0. The predicted octanol–water partition coefficient (Wildman–Crippen LogP) is 6.36. The van der Waals surface area contributed by atoms with E-state index in [-0.39, 0.29) is 6.04 Å². The second-order valence-electron chi connectivity index (χ2n) is 8.30. The number of hydrogen-bond donors (Lipinski definition) is 2. The van der Waals surface area contributed by atoms with Crippen LogP contribution in [-0.2, 0) is 13.2 Å². The Morgan fingerprint density at radius 3 is 2.35 bits per heavy atom. The summed E-state index contributed by atoms with van der Waals surface area (Å²) in [4.78, 5) is 9.08. The molecule has 2 unspecified atom stereocenters. The summed E-state index contributed by atoms with van der Waals surface area (Å²) in [5.74, 6) is 1.22. The van der Waals surface area contributed by atoms with E-state index in [1.165, 1.54) is 6.07 Å². The second kappa shape index (κ2) is 9.30. The molecule has 0 aliphatic carbocycles. The molecular weight excluding hydrogens is 439 g/mol. The van der Waals surface area contributed by atoms with Crippen LogP contribution in [0.1, 0.15) is 42.9 Å². The highest BCUT2D eigenvalue weighted by Gasteiger charge is 2.31. The van der Waals surface area contributed by atoms with Gasteiger partial charge in [0.15, 0.2) is 0 Å². The first-order chi connectivity index (χ1) is 16.1. The van der Waals surface area contributed by atoms with Crippen molar-refractivity contribution in [3.8, 4) is 22.5 Å². The van der Waals surface area contributed by atoms with Crippen LogP contribution in [0.5, 0.6) is 0 Å². The van der Waals surface area contributed by atoms with E-state index >= 15 is 0 Å². The largest absolute Gasteiger partial charge is 0.416 e. The number of pyridine rings is 1. The molecule has 2 atom stereocenters. The number of rotatable bonds is 6. The first-order valence-corrected chi connectivity index (χ1v) is 10.9. The third-order valence-corrected chi connectivity index (χ3v) is 5.70. The van der Waals surface area contributed by atoms with Gasteiger partial charge in [-0.1, -0.05) is 42.5 Å². The van der Waals surface area contributed by atoms with Gasteiger partial charge in [-0.2, -0.15) is 13.2 Å². The maximum atomic E-state index is 13.4. The molecular formula is C26H26F3N5. The van der Waals surface area contributed by atoms with Crippen LogP contribution in [0.2, 0.25) is 0 Å². The topological polar surface area (TPSA) is 68.8 Å². The molecule has 2 heterocycles. The van der Waals surface area contributed by atoms with Crippen LogP contribution in [0.3, 0.4) is 0 Å². The van der Waals surface area contributed by atoms with Gasteiger partial charge >= 0.3 is 6.18 Å². The zero-order valence-electron chi connectivity index (χ0n) is 19.1. The standard InChI is InChI=1S/C26H26F3N5/c1-16(30)25-33-23(19-10-7-11-21(14-19)26(27,28)29)24(34(25)3)20-12-13-31-22(15-20)32-17(2)18-8-5-4-6-9-18/h4-17H,30H2,1-3H3,(H,31,32). The van der Waals surface area contributed by atoms with Crippen molar-refractivity contribution >= 4 is 5.82 Å². The molecule has 0 saturated heterocycles. The van der Waals surface area contributed by atoms with Gasteiger partial charge in [-0.3, -0.25) is 0 Å². The number of benzene rings is 2. The normalized spacial score (nSPS) is 13.5. The maximum Gasteiger partial charge on any atom is 0.416 e. The van der Waals surface area contributed by atoms with Gasteiger partial charge in [0.25, 0.3) is 0 Å². The number of aromatic nitrogens is 3. The number of imidazole rings is 1. The molecule has 0 spiro atoms. The van der Waals surface area contributed by atoms with Gasteiger partial charge in [0.05, 0.1) is 23.0 Å². The summed E-state index contributed by atoms with van der Waals surface area (Å²) in [7, 11) is 1.82. The first-order valence-electron chi connectivity index (χ1n) is 10.9. The minimum absolute atomic E-state index is 0.0121. The number of anilines is 1. The Hall–Kier alpha value is -3.65. The van der Waals surface area contributed by atoms with Crippen LogP contribution in [0, 0.1) is 0 Å². The highest BCUT2D eigenvalue weighted by atomic mass is 19.4. The summed E-state index contributed by atoms with van der Waals surface area (Å²) in [6, 6.07) is 18.5. The van der Waals surface area contributed by atoms with E-state index in [0.29, 0.717) is 28.6 Å². The number of nitrogens with zero attached hydrogens (tertiary/aromatic N) is 3. The lowest BCUT2D eigenvalue weighted by Gasteiger charge is -2.16. The molecule has 34 heavy (non-hydrogen) atoms. The van der Waals surface area contributed by atoms with E-state index in [1.54, 1.807) is 19.2 Å². The number of halogens is 3. The minimum atomic E-state index is -4.45. The van der Waals surface area contributed by atoms with Crippen LogP contribution in [-0.4, -0.2) is 14.5 Å².